The summed E-state index contributed by atoms with van der Waals surface area (Å²) in [5, 5.41) is 18.6. The highest BCUT2D eigenvalue weighted by Crippen LogP contribution is 1.94. The Labute approximate surface area is 75.3 Å². The molecule has 0 aromatic carbocycles. The van der Waals surface area contributed by atoms with Crippen molar-refractivity contribution in [3.63, 3.8) is 0 Å². The molecule has 0 spiro atoms. The Balaban J connectivity index is 3.70. The number of carboxylic acids is 1. The zero-order chi connectivity index (χ0) is 10.3. The van der Waals surface area contributed by atoms with Gasteiger partial charge in [0.2, 0.25) is 5.91 Å². The van der Waals surface area contributed by atoms with Crippen LogP contribution in [0.1, 0.15) is 12.8 Å². The smallest absolute Gasteiger partial charge is 0.303 e. The SMILES string of the molecule is N#CCNC(=O)[C@@H](N)CCC(=O)O. The van der Waals surface area contributed by atoms with E-state index in [0.717, 1.165) is 0 Å². The van der Waals surface area contributed by atoms with Crippen LogP contribution in [0.25, 0.3) is 0 Å². The van der Waals surface area contributed by atoms with Crippen LogP contribution in [0.3, 0.4) is 0 Å². The first-order valence-corrected chi connectivity index (χ1v) is 3.70. The lowest BCUT2D eigenvalue weighted by Crippen LogP contribution is -2.40. The van der Waals surface area contributed by atoms with E-state index < -0.39 is 17.9 Å². The minimum absolute atomic E-state index is 0.0760. The number of carbonyl (C=O) groups is 2. The average Bonchev–Trinajstić information content (AvgIpc) is 2.10. The van der Waals surface area contributed by atoms with Gasteiger partial charge < -0.3 is 16.2 Å². The second-order valence-electron chi connectivity index (χ2n) is 2.41. The molecule has 0 aliphatic heterocycles. The highest BCUT2D eigenvalue weighted by atomic mass is 16.4. The summed E-state index contributed by atoms with van der Waals surface area (Å²) >= 11 is 0. The van der Waals surface area contributed by atoms with Crippen LogP contribution in [-0.2, 0) is 9.59 Å². The first kappa shape index (κ1) is 11.4. The quantitative estimate of drug-likeness (QED) is 0.466. The van der Waals surface area contributed by atoms with Crippen molar-refractivity contribution >= 4 is 11.9 Å². The summed E-state index contributed by atoms with van der Waals surface area (Å²) < 4.78 is 0. The number of hydrogen-bond donors (Lipinski definition) is 3. The van der Waals surface area contributed by atoms with Crippen molar-refractivity contribution in [3.05, 3.63) is 0 Å². The van der Waals surface area contributed by atoms with Crippen molar-refractivity contribution in [3.8, 4) is 6.07 Å². The lowest BCUT2D eigenvalue weighted by molar-refractivity contribution is -0.137. The molecule has 0 saturated heterocycles. The highest BCUT2D eigenvalue weighted by molar-refractivity contribution is 5.82. The van der Waals surface area contributed by atoms with Crippen LogP contribution < -0.4 is 11.1 Å². The third-order valence-electron chi connectivity index (χ3n) is 1.35. The maximum atomic E-state index is 10.9. The fraction of sp³-hybridized carbons (Fsp3) is 0.571. The summed E-state index contributed by atoms with van der Waals surface area (Å²) in [6.45, 7) is -0.112. The van der Waals surface area contributed by atoms with Gasteiger partial charge in [-0.05, 0) is 6.42 Å². The third-order valence-corrected chi connectivity index (χ3v) is 1.35. The van der Waals surface area contributed by atoms with Crippen LogP contribution in [-0.4, -0.2) is 29.6 Å². The highest BCUT2D eigenvalue weighted by Gasteiger charge is 2.13. The molecule has 0 aliphatic rings. The van der Waals surface area contributed by atoms with Gasteiger partial charge in [0.1, 0.15) is 6.54 Å². The number of rotatable bonds is 5. The van der Waals surface area contributed by atoms with E-state index >= 15 is 0 Å². The fourth-order valence-electron chi connectivity index (χ4n) is 0.668. The summed E-state index contributed by atoms with van der Waals surface area (Å²) in [5.74, 6) is -1.49. The van der Waals surface area contributed by atoms with E-state index in [4.69, 9.17) is 16.1 Å². The van der Waals surface area contributed by atoms with Gasteiger partial charge in [0.05, 0.1) is 12.1 Å². The number of nitrogens with two attached hydrogens (primary N) is 1. The van der Waals surface area contributed by atoms with Gasteiger partial charge >= 0.3 is 5.97 Å². The van der Waals surface area contributed by atoms with Gasteiger partial charge in [-0.2, -0.15) is 5.26 Å². The normalized spacial score (nSPS) is 11.4. The zero-order valence-corrected chi connectivity index (χ0v) is 6.99. The van der Waals surface area contributed by atoms with Crippen molar-refractivity contribution in [1.29, 1.82) is 5.26 Å². The first-order chi connectivity index (χ1) is 6.07. The second kappa shape index (κ2) is 5.97. The van der Waals surface area contributed by atoms with Crippen LogP contribution in [0, 0.1) is 11.3 Å². The van der Waals surface area contributed by atoms with Crippen molar-refractivity contribution in [2.45, 2.75) is 18.9 Å². The van der Waals surface area contributed by atoms with Gasteiger partial charge in [-0.1, -0.05) is 0 Å². The summed E-state index contributed by atoms with van der Waals surface area (Å²) in [7, 11) is 0. The molecule has 0 unspecified atom stereocenters. The predicted molar refractivity (Wildman–Crippen MR) is 43.5 cm³/mol. The minimum Gasteiger partial charge on any atom is -0.481 e. The molecular formula is C7H11N3O3. The number of carboxylic acid groups (broad SMARTS) is 1. The molecule has 0 radical (unpaired) electrons. The maximum absolute atomic E-state index is 10.9. The zero-order valence-electron chi connectivity index (χ0n) is 6.99. The lowest BCUT2D eigenvalue weighted by atomic mass is 10.1. The van der Waals surface area contributed by atoms with E-state index in [0.29, 0.717) is 0 Å². The number of amides is 1. The molecule has 1 amide bonds. The topological polar surface area (TPSA) is 116 Å². The molecule has 72 valence electrons. The Hall–Kier alpha value is -1.61. The fourth-order valence-corrected chi connectivity index (χ4v) is 0.668. The number of carbonyl (C=O) groups excluding carboxylic acids is 1. The number of nitriles is 1. The van der Waals surface area contributed by atoms with E-state index in [2.05, 4.69) is 5.32 Å². The molecule has 0 aliphatic carbocycles. The number of hydrogen-bond acceptors (Lipinski definition) is 4. The Bertz CT molecular complexity index is 234. The van der Waals surface area contributed by atoms with E-state index in [1.807, 2.05) is 0 Å². The second-order valence-corrected chi connectivity index (χ2v) is 2.41. The molecule has 0 aromatic heterocycles. The third kappa shape index (κ3) is 5.64. The molecular weight excluding hydrogens is 174 g/mol. The van der Waals surface area contributed by atoms with Gasteiger partial charge in [0.25, 0.3) is 0 Å². The monoisotopic (exact) mass is 185 g/mol. The lowest BCUT2D eigenvalue weighted by Gasteiger charge is -2.08. The summed E-state index contributed by atoms with van der Waals surface area (Å²) in [6.07, 6.45) is -0.0757. The number of aliphatic carboxylic acids is 1. The van der Waals surface area contributed by atoms with Crippen LogP contribution >= 0.6 is 0 Å². The molecule has 0 bridgehead atoms. The molecule has 0 saturated carbocycles. The van der Waals surface area contributed by atoms with Crippen LogP contribution in [0.4, 0.5) is 0 Å². The molecule has 0 fully saturated rings. The standard InChI is InChI=1S/C7H11N3O3/c8-3-4-10-7(13)5(9)1-2-6(11)12/h5H,1-2,4,9H2,(H,10,13)(H,11,12)/t5-/m0/s1. The summed E-state index contributed by atoms with van der Waals surface area (Å²) in [6, 6.07) is 0.858. The van der Waals surface area contributed by atoms with Crippen molar-refractivity contribution < 1.29 is 14.7 Å². The molecule has 0 rings (SSSR count). The molecule has 0 aromatic rings. The average molecular weight is 185 g/mol. The number of nitrogens with one attached hydrogen (secondary N) is 1. The van der Waals surface area contributed by atoms with E-state index in [1.165, 1.54) is 0 Å². The molecule has 6 nitrogen and oxygen atoms in total. The Morgan fingerprint density at radius 1 is 1.62 bits per heavy atom. The van der Waals surface area contributed by atoms with Crippen LogP contribution in [0.5, 0.6) is 0 Å². The molecule has 0 heterocycles. The van der Waals surface area contributed by atoms with Gasteiger partial charge in [-0.15, -0.1) is 0 Å². The largest absolute Gasteiger partial charge is 0.481 e. The minimum atomic E-state index is -0.997. The summed E-state index contributed by atoms with van der Waals surface area (Å²) in [4.78, 5) is 21.0. The Morgan fingerprint density at radius 2 is 2.23 bits per heavy atom. The van der Waals surface area contributed by atoms with Gasteiger partial charge in [-0.25, -0.2) is 0 Å². The molecule has 6 heteroatoms. The molecule has 1 atom stereocenters. The molecule has 4 N–H and O–H groups in total. The van der Waals surface area contributed by atoms with Gasteiger partial charge in [-0.3, -0.25) is 9.59 Å². The van der Waals surface area contributed by atoms with Crippen molar-refractivity contribution in [2.75, 3.05) is 6.54 Å². The Kier molecular flexibility index (Phi) is 5.23. The van der Waals surface area contributed by atoms with E-state index in [-0.39, 0.29) is 19.4 Å². The van der Waals surface area contributed by atoms with Gasteiger partial charge in [0.15, 0.2) is 0 Å². The van der Waals surface area contributed by atoms with E-state index in [9.17, 15) is 9.59 Å². The summed E-state index contributed by atoms with van der Waals surface area (Å²) in [5.41, 5.74) is 5.32. The number of nitrogens with zero attached hydrogens (tertiary/aromatic N) is 1. The van der Waals surface area contributed by atoms with Crippen molar-refractivity contribution in [1.82, 2.24) is 5.32 Å². The molecule has 13 heavy (non-hydrogen) atoms. The predicted octanol–water partition coefficient (Wildman–Crippen LogP) is -1.18. The van der Waals surface area contributed by atoms with Crippen LogP contribution in [0.2, 0.25) is 0 Å². The maximum Gasteiger partial charge on any atom is 0.303 e. The Morgan fingerprint density at radius 3 is 2.69 bits per heavy atom. The van der Waals surface area contributed by atoms with Crippen molar-refractivity contribution in [2.24, 2.45) is 5.73 Å². The van der Waals surface area contributed by atoms with Gasteiger partial charge in [0, 0.05) is 6.42 Å². The van der Waals surface area contributed by atoms with E-state index in [1.54, 1.807) is 6.07 Å². The first-order valence-electron chi connectivity index (χ1n) is 3.70. The van der Waals surface area contributed by atoms with Crippen LogP contribution in [0.15, 0.2) is 0 Å².